The van der Waals surface area contributed by atoms with Crippen LogP contribution in [0, 0.1) is 13.8 Å². The molecule has 128 valence electrons. The van der Waals surface area contributed by atoms with E-state index in [9.17, 15) is 9.59 Å². The zero-order valence-corrected chi connectivity index (χ0v) is 14.4. The number of rotatable bonds is 6. The Bertz CT molecular complexity index is 737. The van der Waals surface area contributed by atoms with Crippen LogP contribution in [0.15, 0.2) is 24.4 Å². The van der Waals surface area contributed by atoms with Crippen molar-refractivity contribution in [1.82, 2.24) is 19.7 Å². The van der Waals surface area contributed by atoms with E-state index in [0.717, 1.165) is 11.4 Å². The van der Waals surface area contributed by atoms with E-state index < -0.39 is 5.97 Å². The lowest BCUT2D eigenvalue weighted by molar-refractivity contribution is -0.138. The third-order valence-electron chi connectivity index (χ3n) is 3.91. The van der Waals surface area contributed by atoms with Gasteiger partial charge in [-0.25, -0.2) is 9.67 Å². The quantitative estimate of drug-likeness (QED) is 0.877. The lowest BCUT2D eigenvalue weighted by Crippen LogP contribution is -2.41. The summed E-state index contributed by atoms with van der Waals surface area (Å²) in [6.07, 6.45) is 2.14. The monoisotopic (exact) mass is 330 g/mol. The number of aryl methyl sites for hydroxylation is 2. The van der Waals surface area contributed by atoms with Crippen molar-refractivity contribution in [3.05, 3.63) is 41.3 Å². The topological polar surface area (TPSA) is 88.3 Å². The Balaban J connectivity index is 2.26. The van der Waals surface area contributed by atoms with Crippen LogP contribution in [-0.2, 0) is 4.79 Å². The molecule has 1 atom stereocenters. The van der Waals surface area contributed by atoms with E-state index in [1.165, 1.54) is 11.1 Å². The van der Waals surface area contributed by atoms with Gasteiger partial charge in [-0.3, -0.25) is 9.59 Å². The average Bonchev–Trinajstić information content (AvgIpc) is 2.89. The second kappa shape index (κ2) is 7.25. The molecule has 0 aliphatic rings. The van der Waals surface area contributed by atoms with Gasteiger partial charge in [0.2, 0.25) is 0 Å². The molecule has 0 aliphatic heterocycles. The van der Waals surface area contributed by atoms with Crippen LogP contribution in [0.25, 0.3) is 5.82 Å². The largest absolute Gasteiger partial charge is 0.480 e. The summed E-state index contributed by atoms with van der Waals surface area (Å²) in [5.74, 6) is -0.750. The van der Waals surface area contributed by atoms with Gasteiger partial charge in [0.1, 0.15) is 6.54 Å². The van der Waals surface area contributed by atoms with Gasteiger partial charge in [0.25, 0.3) is 5.91 Å². The minimum absolute atomic E-state index is 0.163. The fourth-order valence-corrected chi connectivity index (χ4v) is 2.46. The molecule has 0 radical (unpaired) electrons. The van der Waals surface area contributed by atoms with E-state index in [2.05, 4.69) is 10.1 Å². The first-order valence-corrected chi connectivity index (χ1v) is 7.86. The molecule has 0 aliphatic carbocycles. The number of aromatic nitrogens is 3. The Morgan fingerprint density at radius 3 is 2.50 bits per heavy atom. The number of pyridine rings is 1. The van der Waals surface area contributed by atoms with E-state index in [-0.39, 0.29) is 18.5 Å². The van der Waals surface area contributed by atoms with E-state index in [0.29, 0.717) is 17.8 Å². The number of carboxylic acid groups (broad SMARTS) is 1. The standard InChI is InChI=1S/C17H22N4O3/c1-5-12(3)20(10-16(22)23)17(24)14-6-7-15(18-9-14)21-13(4)8-11(2)19-21/h6-9,12H,5,10H2,1-4H3,(H,22,23). The van der Waals surface area contributed by atoms with Crippen molar-refractivity contribution in [1.29, 1.82) is 0 Å². The van der Waals surface area contributed by atoms with Crippen LogP contribution in [0.4, 0.5) is 0 Å². The molecule has 0 saturated heterocycles. The lowest BCUT2D eigenvalue weighted by Gasteiger charge is -2.26. The first kappa shape index (κ1) is 17.7. The predicted molar refractivity (Wildman–Crippen MR) is 89.3 cm³/mol. The third kappa shape index (κ3) is 3.79. The number of carbonyl (C=O) groups is 2. The molecule has 2 heterocycles. The van der Waals surface area contributed by atoms with Gasteiger partial charge in [-0.2, -0.15) is 5.10 Å². The van der Waals surface area contributed by atoms with E-state index in [1.54, 1.807) is 16.8 Å². The summed E-state index contributed by atoms with van der Waals surface area (Å²) < 4.78 is 1.70. The molecule has 0 bridgehead atoms. The number of carboxylic acids is 1. The second-order valence-electron chi connectivity index (χ2n) is 5.83. The van der Waals surface area contributed by atoms with Crippen LogP contribution in [0.3, 0.4) is 0 Å². The van der Waals surface area contributed by atoms with Crippen LogP contribution < -0.4 is 0 Å². The minimum Gasteiger partial charge on any atom is -0.480 e. The molecule has 7 heteroatoms. The first-order chi connectivity index (χ1) is 11.3. The normalized spacial score (nSPS) is 12.0. The highest BCUT2D eigenvalue weighted by Gasteiger charge is 2.23. The smallest absolute Gasteiger partial charge is 0.323 e. The number of aliphatic carboxylic acids is 1. The summed E-state index contributed by atoms with van der Waals surface area (Å²) in [6.45, 7) is 7.25. The lowest BCUT2D eigenvalue weighted by atomic mass is 10.1. The Hall–Kier alpha value is -2.70. The van der Waals surface area contributed by atoms with Crippen LogP contribution >= 0.6 is 0 Å². The van der Waals surface area contributed by atoms with Crippen LogP contribution in [0.2, 0.25) is 0 Å². The highest BCUT2D eigenvalue weighted by Crippen LogP contribution is 2.13. The fraction of sp³-hybridized carbons (Fsp3) is 0.412. The van der Waals surface area contributed by atoms with Crippen molar-refractivity contribution >= 4 is 11.9 Å². The highest BCUT2D eigenvalue weighted by atomic mass is 16.4. The van der Waals surface area contributed by atoms with Crippen molar-refractivity contribution in [3.8, 4) is 5.82 Å². The van der Waals surface area contributed by atoms with Crippen molar-refractivity contribution in [3.63, 3.8) is 0 Å². The van der Waals surface area contributed by atoms with Crippen molar-refractivity contribution in [2.75, 3.05) is 6.54 Å². The van der Waals surface area contributed by atoms with Crippen LogP contribution in [0.1, 0.15) is 42.0 Å². The Morgan fingerprint density at radius 1 is 1.33 bits per heavy atom. The molecule has 2 aromatic rings. The van der Waals surface area contributed by atoms with Gasteiger partial charge in [-0.15, -0.1) is 0 Å². The summed E-state index contributed by atoms with van der Waals surface area (Å²) in [4.78, 5) is 29.3. The molecule has 0 fully saturated rings. The fourth-order valence-electron chi connectivity index (χ4n) is 2.46. The summed E-state index contributed by atoms with van der Waals surface area (Å²) in [6, 6.07) is 5.14. The van der Waals surface area contributed by atoms with Gasteiger partial charge in [0, 0.05) is 17.9 Å². The molecule has 1 unspecified atom stereocenters. The molecule has 7 nitrogen and oxygen atoms in total. The first-order valence-electron chi connectivity index (χ1n) is 7.86. The van der Waals surface area contributed by atoms with Gasteiger partial charge in [0.05, 0.1) is 11.3 Å². The molecule has 0 aromatic carbocycles. The molecule has 0 spiro atoms. The maximum absolute atomic E-state index is 12.6. The summed E-state index contributed by atoms with van der Waals surface area (Å²) >= 11 is 0. The summed E-state index contributed by atoms with van der Waals surface area (Å²) in [5, 5.41) is 13.4. The van der Waals surface area contributed by atoms with Gasteiger partial charge in [-0.1, -0.05) is 6.92 Å². The predicted octanol–water partition coefficient (Wildman–Crippen LogP) is 2.21. The minimum atomic E-state index is -1.03. The molecule has 0 saturated carbocycles. The van der Waals surface area contributed by atoms with Crippen molar-refractivity contribution < 1.29 is 14.7 Å². The molecule has 24 heavy (non-hydrogen) atoms. The molecule has 1 amide bonds. The summed E-state index contributed by atoms with van der Waals surface area (Å²) in [5.41, 5.74) is 2.20. The zero-order valence-electron chi connectivity index (χ0n) is 14.4. The Labute approximate surface area is 140 Å². The van der Waals surface area contributed by atoms with Crippen molar-refractivity contribution in [2.45, 2.75) is 40.2 Å². The zero-order chi connectivity index (χ0) is 17.9. The molecular weight excluding hydrogens is 308 g/mol. The number of hydrogen-bond donors (Lipinski definition) is 1. The van der Waals surface area contributed by atoms with Gasteiger partial charge < -0.3 is 10.0 Å². The highest BCUT2D eigenvalue weighted by molar-refractivity contribution is 5.95. The number of hydrogen-bond acceptors (Lipinski definition) is 4. The van der Waals surface area contributed by atoms with E-state index in [1.807, 2.05) is 33.8 Å². The molecule has 2 rings (SSSR count). The van der Waals surface area contributed by atoms with Gasteiger partial charge in [-0.05, 0) is 45.4 Å². The van der Waals surface area contributed by atoms with Crippen LogP contribution in [-0.4, -0.2) is 49.2 Å². The molecule has 1 N–H and O–H groups in total. The molecule has 2 aromatic heterocycles. The van der Waals surface area contributed by atoms with Crippen LogP contribution in [0.5, 0.6) is 0 Å². The number of nitrogens with zero attached hydrogens (tertiary/aromatic N) is 4. The maximum atomic E-state index is 12.6. The molecular formula is C17H22N4O3. The van der Waals surface area contributed by atoms with E-state index in [4.69, 9.17) is 5.11 Å². The summed E-state index contributed by atoms with van der Waals surface area (Å²) in [7, 11) is 0. The van der Waals surface area contributed by atoms with Crippen molar-refractivity contribution in [2.24, 2.45) is 0 Å². The number of carbonyl (C=O) groups excluding carboxylic acids is 1. The van der Waals surface area contributed by atoms with Gasteiger partial charge >= 0.3 is 5.97 Å². The number of amides is 1. The van der Waals surface area contributed by atoms with E-state index >= 15 is 0 Å². The Morgan fingerprint density at radius 2 is 2.04 bits per heavy atom. The average molecular weight is 330 g/mol. The Kier molecular flexibility index (Phi) is 5.33. The third-order valence-corrected chi connectivity index (χ3v) is 3.91. The SMILES string of the molecule is CCC(C)N(CC(=O)O)C(=O)c1ccc(-n2nc(C)cc2C)nc1. The second-order valence-corrected chi connectivity index (χ2v) is 5.83. The maximum Gasteiger partial charge on any atom is 0.323 e. The van der Waals surface area contributed by atoms with Gasteiger partial charge in [0.15, 0.2) is 5.82 Å².